The Morgan fingerprint density at radius 3 is 2.63 bits per heavy atom. The number of rotatable bonds is 3. The van der Waals surface area contributed by atoms with Crippen LogP contribution >= 0.6 is 15.9 Å². The van der Waals surface area contributed by atoms with Crippen molar-refractivity contribution < 1.29 is 14.7 Å². The number of halogens is 1. The number of nitrogens with one attached hydrogen (secondary N) is 1. The first-order chi connectivity index (χ1) is 9.08. The lowest BCUT2D eigenvalue weighted by Crippen LogP contribution is -2.13. The number of aromatic carboxylic acids is 1. The summed E-state index contributed by atoms with van der Waals surface area (Å²) < 4.78 is 0.667. The maximum Gasteiger partial charge on any atom is 0.354 e. The summed E-state index contributed by atoms with van der Waals surface area (Å²) in [5.41, 5.74) is 0.731. The zero-order valence-electron chi connectivity index (χ0n) is 9.63. The van der Waals surface area contributed by atoms with Crippen LogP contribution in [0.4, 0.5) is 5.69 Å². The smallest absolute Gasteiger partial charge is 0.354 e. The molecule has 2 aromatic rings. The highest BCUT2D eigenvalue weighted by Crippen LogP contribution is 2.18. The highest BCUT2D eigenvalue weighted by atomic mass is 79.9. The average Bonchev–Trinajstić information content (AvgIpc) is 2.39. The summed E-state index contributed by atoms with van der Waals surface area (Å²) in [5.74, 6) is -1.47. The van der Waals surface area contributed by atoms with Crippen LogP contribution in [0, 0.1) is 0 Å². The molecule has 1 amide bonds. The van der Waals surface area contributed by atoms with Crippen molar-refractivity contribution >= 4 is 33.5 Å². The van der Waals surface area contributed by atoms with Crippen molar-refractivity contribution in [2.24, 2.45) is 0 Å². The molecule has 6 heteroatoms. The normalized spacial score (nSPS) is 9.95. The molecule has 0 unspecified atom stereocenters. The van der Waals surface area contributed by atoms with Gasteiger partial charge >= 0.3 is 5.97 Å². The van der Waals surface area contributed by atoms with E-state index in [0.29, 0.717) is 15.7 Å². The number of pyridine rings is 1. The van der Waals surface area contributed by atoms with Crippen molar-refractivity contribution in [2.45, 2.75) is 0 Å². The van der Waals surface area contributed by atoms with E-state index < -0.39 is 5.97 Å². The Morgan fingerprint density at radius 2 is 1.95 bits per heavy atom. The minimum absolute atomic E-state index is 0.120. The molecule has 96 valence electrons. The molecule has 19 heavy (non-hydrogen) atoms. The maximum atomic E-state index is 12.0. The van der Waals surface area contributed by atoms with Crippen LogP contribution in [-0.4, -0.2) is 22.0 Å². The van der Waals surface area contributed by atoms with Gasteiger partial charge in [0.1, 0.15) is 5.69 Å². The largest absolute Gasteiger partial charge is 0.477 e. The number of carboxylic acid groups (broad SMARTS) is 1. The fraction of sp³-hybridized carbons (Fsp3) is 0. The molecule has 2 rings (SSSR count). The Balaban J connectivity index is 2.22. The number of anilines is 1. The summed E-state index contributed by atoms with van der Waals surface area (Å²) in [5, 5.41) is 11.4. The molecule has 5 nitrogen and oxygen atoms in total. The summed E-state index contributed by atoms with van der Waals surface area (Å²) >= 11 is 3.28. The second-order valence-corrected chi connectivity index (χ2v) is 4.52. The van der Waals surface area contributed by atoms with Crippen LogP contribution in [0.25, 0.3) is 0 Å². The van der Waals surface area contributed by atoms with Gasteiger partial charge in [0.15, 0.2) is 0 Å². The monoisotopic (exact) mass is 320 g/mol. The van der Waals surface area contributed by atoms with Crippen LogP contribution in [0.5, 0.6) is 0 Å². The molecule has 0 aliphatic rings. The first-order valence-electron chi connectivity index (χ1n) is 5.33. The van der Waals surface area contributed by atoms with E-state index in [-0.39, 0.29) is 11.6 Å². The van der Waals surface area contributed by atoms with Crippen LogP contribution in [-0.2, 0) is 0 Å². The molecule has 1 aromatic heterocycles. The molecule has 0 bridgehead atoms. The number of aromatic nitrogens is 1. The molecule has 0 saturated heterocycles. The van der Waals surface area contributed by atoms with Crippen molar-refractivity contribution in [1.82, 2.24) is 4.98 Å². The molecule has 0 aliphatic heterocycles. The van der Waals surface area contributed by atoms with E-state index in [4.69, 9.17) is 5.11 Å². The fourth-order valence-corrected chi connectivity index (χ4v) is 1.93. The number of amides is 1. The first-order valence-corrected chi connectivity index (χ1v) is 6.12. The summed E-state index contributed by atoms with van der Waals surface area (Å²) in [7, 11) is 0. The van der Waals surface area contributed by atoms with Gasteiger partial charge in [0.2, 0.25) is 0 Å². The fourth-order valence-electron chi connectivity index (χ4n) is 1.47. The Bertz CT molecular complexity index is 643. The topological polar surface area (TPSA) is 79.3 Å². The summed E-state index contributed by atoms with van der Waals surface area (Å²) in [6.07, 6.45) is 1.33. The minimum Gasteiger partial charge on any atom is -0.477 e. The number of carboxylic acids is 1. The van der Waals surface area contributed by atoms with Crippen LogP contribution in [0.15, 0.2) is 47.1 Å². The van der Waals surface area contributed by atoms with Gasteiger partial charge in [-0.05, 0) is 40.2 Å². The number of benzene rings is 1. The van der Waals surface area contributed by atoms with Gasteiger partial charge in [-0.3, -0.25) is 4.79 Å². The van der Waals surface area contributed by atoms with Gasteiger partial charge < -0.3 is 10.4 Å². The second kappa shape index (κ2) is 5.62. The maximum absolute atomic E-state index is 12.0. The predicted molar refractivity (Wildman–Crippen MR) is 73.3 cm³/mol. The van der Waals surface area contributed by atoms with E-state index >= 15 is 0 Å². The van der Waals surface area contributed by atoms with Gasteiger partial charge in [-0.1, -0.05) is 12.1 Å². The van der Waals surface area contributed by atoms with E-state index in [9.17, 15) is 9.59 Å². The summed E-state index contributed by atoms with van der Waals surface area (Å²) in [6, 6.07) is 9.80. The van der Waals surface area contributed by atoms with Crippen molar-refractivity contribution in [2.75, 3.05) is 5.32 Å². The number of carbonyl (C=O) groups excluding carboxylic acids is 1. The third-order valence-corrected chi connectivity index (χ3v) is 3.05. The number of hydrogen-bond acceptors (Lipinski definition) is 3. The Kier molecular flexibility index (Phi) is 3.91. The van der Waals surface area contributed by atoms with Crippen molar-refractivity contribution in [3.8, 4) is 0 Å². The lowest BCUT2D eigenvalue weighted by Gasteiger charge is -2.07. The average molecular weight is 321 g/mol. The van der Waals surface area contributed by atoms with E-state index in [2.05, 4.69) is 26.2 Å². The molecule has 0 radical (unpaired) electrons. The van der Waals surface area contributed by atoms with Crippen LogP contribution in [0.3, 0.4) is 0 Å². The van der Waals surface area contributed by atoms with Gasteiger partial charge in [-0.25, -0.2) is 9.78 Å². The molecule has 1 heterocycles. The highest BCUT2D eigenvalue weighted by molar-refractivity contribution is 9.10. The van der Waals surface area contributed by atoms with Gasteiger partial charge in [-0.2, -0.15) is 0 Å². The zero-order chi connectivity index (χ0) is 13.8. The number of hydrogen-bond donors (Lipinski definition) is 2. The van der Waals surface area contributed by atoms with E-state index in [1.54, 1.807) is 24.3 Å². The van der Waals surface area contributed by atoms with Gasteiger partial charge in [0, 0.05) is 16.4 Å². The molecule has 0 saturated carbocycles. The second-order valence-electron chi connectivity index (χ2n) is 3.67. The first kappa shape index (κ1) is 13.2. The van der Waals surface area contributed by atoms with E-state index in [0.717, 1.165) is 0 Å². The van der Waals surface area contributed by atoms with Crippen molar-refractivity contribution in [1.29, 1.82) is 0 Å². The van der Waals surface area contributed by atoms with E-state index in [1.807, 2.05) is 0 Å². The van der Waals surface area contributed by atoms with Gasteiger partial charge in [0.25, 0.3) is 5.91 Å². The van der Waals surface area contributed by atoms with Crippen LogP contribution in [0.2, 0.25) is 0 Å². The van der Waals surface area contributed by atoms with Crippen molar-refractivity contribution in [3.63, 3.8) is 0 Å². The third-order valence-electron chi connectivity index (χ3n) is 2.36. The van der Waals surface area contributed by atoms with Gasteiger partial charge in [-0.15, -0.1) is 0 Å². The molecular weight excluding hydrogens is 312 g/mol. The lowest BCUT2D eigenvalue weighted by molar-refractivity contribution is 0.0690. The quantitative estimate of drug-likeness (QED) is 0.911. The molecule has 0 fully saturated rings. The Morgan fingerprint density at radius 1 is 1.21 bits per heavy atom. The Hall–Kier alpha value is -2.21. The zero-order valence-corrected chi connectivity index (χ0v) is 11.2. The minimum atomic E-state index is -1.14. The number of carbonyl (C=O) groups is 2. The Labute approximate surface area is 117 Å². The lowest BCUT2D eigenvalue weighted by atomic mass is 10.2. The standard InChI is InChI=1S/C13H9BrN2O3/c14-10-4-2-1-3-9(10)12(17)16-8-5-6-15-11(7-8)13(18)19/h1-7H,(H,18,19)(H,15,16,17). The van der Waals surface area contributed by atoms with Crippen molar-refractivity contribution in [3.05, 3.63) is 58.3 Å². The number of nitrogens with zero attached hydrogens (tertiary/aromatic N) is 1. The molecule has 0 atom stereocenters. The van der Waals surface area contributed by atoms with Crippen LogP contribution in [0.1, 0.15) is 20.8 Å². The molecule has 2 N–H and O–H groups in total. The van der Waals surface area contributed by atoms with Crippen LogP contribution < -0.4 is 5.32 Å². The molecule has 0 spiro atoms. The summed E-state index contributed by atoms with van der Waals surface area (Å²) in [4.78, 5) is 26.5. The molecular formula is C13H9BrN2O3. The van der Waals surface area contributed by atoms with Gasteiger partial charge in [0.05, 0.1) is 5.56 Å². The third kappa shape index (κ3) is 3.17. The molecule has 1 aromatic carbocycles. The predicted octanol–water partition coefficient (Wildman–Crippen LogP) is 2.79. The SMILES string of the molecule is O=C(O)c1cc(NC(=O)c2ccccc2Br)ccn1. The summed E-state index contributed by atoms with van der Waals surface area (Å²) in [6.45, 7) is 0. The highest BCUT2D eigenvalue weighted by Gasteiger charge is 2.11. The van der Waals surface area contributed by atoms with E-state index in [1.165, 1.54) is 18.3 Å². The molecule has 0 aliphatic carbocycles.